The van der Waals surface area contributed by atoms with Crippen LogP contribution in [0.1, 0.15) is 50.2 Å². The summed E-state index contributed by atoms with van der Waals surface area (Å²) in [5, 5.41) is 3.26. The zero-order chi connectivity index (χ0) is 18.6. The lowest BCUT2D eigenvalue weighted by molar-refractivity contribution is 0.525. The fourth-order valence-corrected chi connectivity index (χ4v) is 4.56. The average molecular weight is 375 g/mol. The maximum absolute atomic E-state index is 11.7. The Labute approximate surface area is 157 Å². The molecule has 0 heterocycles. The molecule has 2 N–H and O–H groups in total. The Hall–Kier alpha value is -1.59. The van der Waals surface area contributed by atoms with E-state index >= 15 is 0 Å². The molecule has 2 aliphatic rings. The summed E-state index contributed by atoms with van der Waals surface area (Å²) in [6.07, 6.45) is 10.8. The van der Waals surface area contributed by atoms with Gasteiger partial charge >= 0.3 is 0 Å². The second-order valence-corrected chi connectivity index (χ2v) is 9.84. The summed E-state index contributed by atoms with van der Waals surface area (Å²) in [4.78, 5) is 0. The molecule has 26 heavy (non-hydrogen) atoms. The first-order chi connectivity index (χ1) is 12.5. The van der Waals surface area contributed by atoms with E-state index in [1.54, 1.807) is 13.8 Å². The summed E-state index contributed by atoms with van der Waals surface area (Å²) in [6.45, 7) is 4.88. The summed E-state index contributed by atoms with van der Waals surface area (Å²) in [7, 11) is -3.13. The van der Waals surface area contributed by atoms with Crippen LogP contribution in [-0.4, -0.2) is 26.8 Å². The maximum atomic E-state index is 11.7. The highest BCUT2D eigenvalue weighted by atomic mass is 32.2. The zero-order valence-corrected chi connectivity index (χ0v) is 16.6. The monoisotopic (exact) mass is 374 g/mol. The van der Waals surface area contributed by atoms with Gasteiger partial charge in [-0.3, -0.25) is 0 Å². The van der Waals surface area contributed by atoms with Crippen LogP contribution in [-0.2, 0) is 16.4 Å². The van der Waals surface area contributed by atoms with Crippen LogP contribution in [0.2, 0.25) is 0 Å². The highest BCUT2D eigenvalue weighted by Gasteiger charge is 2.33. The molecule has 0 radical (unpaired) electrons. The summed E-state index contributed by atoms with van der Waals surface area (Å²) in [5.74, 6) is 1.04. The smallest absolute Gasteiger partial charge is 0.213 e. The molecule has 0 amide bonds. The van der Waals surface area contributed by atoms with E-state index in [0.29, 0.717) is 18.4 Å². The van der Waals surface area contributed by atoms with Crippen LogP contribution >= 0.6 is 0 Å². The molecular formula is C21H30N2O2S. The van der Waals surface area contributed by atoms with Gasteiger partial charge in [-0.15, -0.1) is 0 Å². The van der Waals surface area contributed by atoms with Crippen molar-refractivity contribution >= 4 is 10.0 Å². The van der Waals surface area contributed by atoms with Crippen molar-refractivity contribution in [3.05, 3.63) is 59.3 Å². The number of fused-ring (bicyclic) bond motifs is 3. The van der Waals surface area contributed by atoms with E-state index < -0.39 is 10.0 Å². The van der Waals surface area contributed by atoms with Crippen molar-refractivity contribution in [2.24, 2.45) is 5.92 Å². The van der Waals surface area contributed by atoms with Crippen molar-refractivity contribution < 1.29 is 8.42 Å². The molecule has 2 unspecified atom stereocenters. The molecule has 2 atom stereocenters. The molecule has 0 fully saturated rings. The first-order valence-corrected chi connectivity index (χ1v) is 11.2. The lowest BCUT2D eigenvalue weighted by atomic mass is 9.86. The number of hydrogen-bond donors (Lipinski definition) is 2. The molecule has 4 nitrogen and oxygen atoms in total. The zero-order valence-electron chi connectivity index (χ0n) is 15.7. The summed E-state index contributed by atoms with van der Waals surface area (Å²) in [5.41, 5.74) is 4.28. The van der Waals surface area contributed by atoms with Gasteiger partial charge in [-0.2, -0.15) is 0 Å². The van der Waals surface area contributed by atoms with Gasteiger partial charge < -0.3 is 5.32 Å². The molecule has 2 aliphatic carbocycles. The van der Waals surface area contributed by atoms with Gasteiger partial charge in [0.1, 0.15) is 0 Å². The van der Waals surface area contributed by atoms with Crippen LogP contribution in [0.15, 0.2) is 48.2 Å². The minimum atomic E-state index is -3.13. The number of benzene rings is 1. The van der Waals surface area contributed by atoms with Crippen LogP contribution in [0, 0.1) is 5.92 Å². The van der Waals surface area contributed by atoms with Gasteiger partial charge in [0.2, 0.25) is 10.0 Å². The van der Waals surface area contributed by atoms with E-state index in [1.807, 2.05) is 0 Å². The fraction of sp³-hybridized carbons (Fsp3) is 0.524. The average Bonchev–Trinajstić information content (AvgIpc) is 3.00. The Morgan fingerprint density at radius 2 is 1.88 bits per heavy atom. The molecule has 0 aromatic heterocycles. The standard InChI is InChI=1S/C21H30N2O2S/c1-16(2)26(24,25)23-14-7-3-6-13-22-21-12-8-11-19-18-10-5-4-9-17(18)15-20(19)21/h4-5,8-12,16,19-20,22-23H,3,6-7,13-15H2,1-2H3. The fourth-order valence-electron chi connectivity index (χ4n) is 3.80. The summed E-state index contributed by atoms with van der Waals surface area (Å²) in [6, 6.07) is 8.76. The Bertz CT molecular complexity index is 781. The number of nitrogens with one attached hydrogen (secondary N) is 2. The molecule has 142 valence electrons. The van der Waals surface area contributed by atoms with Crippen molar-refractivity contribution in [2.45, 2.75) is 50.7 Å². The Morgan fingerprint density at radius 3 is 2.69 bits per heavy atom. The van der Waals surface area contributed by atoms with Gasteiger partial charge in [-0.25, -0.2) is 13.1 Å². The molecule has 0 spiro atoms. The number of unbranched alkanes of at least 4 members (excludes halogenated alkanes) is 2. The molecule has 0 saturated carbocycles. The van der Waals surface area contributed by atoms with Crippen LogP contribution in [0.3, 0.4) is 0 Å². The predicted molar refractivity (Wildman–Crippen MR) is 108 cm³/mol. The topological polar surface area (TPSA) is 58.2 Å². The van der Waals surface area contributed by atoms with Crippen LogP contribution in [0.25, 0.3) is 0 Å². The largest absolute Gasteiger partial charge is 0.388 e. The van der Waals surface area contributed by atoms with Gasteiger partial charge in [0.25, 0.3) is 0 Å². The lowest BCUT2D eigenvalue weighted by Crippen LogP contribution is -2.31. The van der Waals surface area contributed by atoms with Crippen molar-refractivity contribution in [1.82, 2.24) is 10.0 Å². The predicted octanol–water partition coefficient (Wildman–Crippen LogP) is 3.48. The lowest BCUT2D eigenvalue weighted by Gasteiger charge is -2.25. The van der Waals surface area contributed by atoms with Crippen molar-refractivity contribution in [3.8, 4) is 0 Å². The van der Waals surface area contributed by atoms with E-state index in [1.165, 1.54) is 16.8 Å². The van der Waals surface area contributed by atoms with Gasteiger partial charge in [-0.05, 0) is 50.3 Å². The normalized spacial score (nSPS) is 21.4. The molecule has 5 heteroatoms. The van der Waals surface area contributed by atoms with Gasteiger partial charge in [-0.1, -0.05) is 42.8 Å². The molecule has 3 rings (SSSR count). The van der Waals surface area contributed by atoms with Gasteiger partial charge in [0, 0.05) is 30.6 Å². The van der Waals surface area contributed by atoms with Crippen molar-refractivity contribution in [2.75, 3.05) is 13.1 Å². The van der Waals surface area contributed by atoms with Crippen LogP contribution < -0.4 is 10.0 Å². The highest BCUT2D eigenvalue weighted by Crippen LogP contribution is 2.43. The Balaban J connectivity index is 1.39. The minimum absolute atomic E-state index is 0.362. The summed E-state index contributed by atoms with van der Waals surface area (Å²) < 4.78 is 26.0. The second-order valence-electron chi connectivity index (χ2n) is 7.52. The minimum Gasteiger partial charge on any atom is -0.388 e. The molecule has 0 bridgehead atoms. The van der Waals surface area contributed by atoms with E-state index in [9.17, 15) is 8.42 Å². The third kappa shape index (κ3) is 4.38. The Morgan fingerprint density at radius 1 is 1.12 bits per heavy atom. The van der Waals surface area contributed by atoms with E-state index in [-0.39, 0.29) is 5.25 Å². The SMILES string of the molecule is CC(C)S(=O)(=O)NCCCCCNC1=CC=CC2c3ccccc3CC12. The van der Waals surface area contributed by atoms with Crippen molar-refractivity contribution in [3.63, 3.8) is 0 Å². The quantitative estimate of drug-likeness (QED) is 0.651. The maximum Gasteiger partial charge on any atom is 0.213 e. The third-order valence-electron chi connectivity index (χ3n) is 5.39. The van der Waals surface area contributed by atoms with E-state index in [4.69, 9.17) is 0 Å². The molecule has 0 saturated heterocycles. The molecular weight excluding hydrogens is 344 g/mol. The third-order valence-corrected chi connectivity index (χ3v) is 7.24. The van der Waals surface area contributed by atoms with Crippen LogP contribution in [0.4, 0.5) is 0 Å². The number of rotatable bonds is 9. The van der Waals surface area contributed by atoms with E-state index in [0.717, 1.165) is 32.2 Å². The number of sulfonamides is 1. The molecule has 0 aliphatic heterocycles. The molecule has 1 aromatic carbocycles. The summed E-state index contributed by atoms with van der Waals surface area (Å²) >= 11 is 0. The van der Waals surface area contributed by atoms with E-state index in [2.05, 4.69) is 52.5 Å². The van der Waals surface area contributed by atoms with Crippen molar-refractivity contribution in [1.29, 1.82) is 0 Å². The first kappa shape index (κ1) is 19.2. The Kier molecular flexibility index (Phi) is 6.20. The van der Waals surface area contributed by atoms with Gasteiger partial charge in [0.15, 0.2) is 0 Å². The molecule has 1 aromatic rings. The van der Waals surface area contributed by atoms with Crippen LogP contribution in [0.5, 0.6) is 0 Å². The number of allylic oxidation sites excluding steroid dienone is 4. The first-order valence-electron chi connectivity index (χ1n) is 9.67. The number of hydrogen-bond acceptors (Lipinski definition) is 3. The van der Waals surface area contributed by atoms with Gasteiger partial charge in [0.05, 0.1) is 5.25 Å². The highest BCUT2D eigenvalue weighted by molar-refractivity contribution is 7.90. The second kappa shape index (κ2) is 8.40.